The lowest BCUT2D eigenvalue weighted by atomic mass is 10.0. The minimum absolute atomic E-state index is 0.518. The van der Waals surface area contributed by atoms with Gasteiger partial charge in [0.1, 0.15) is 0 Å². The molecule has 0 aliphatic heterocycles. The fraction of sp³-hybridized carbons (Fsp3) is 0.0435. The molecule has 0 spiro atoms. The Labute approximate surface area is 156 Å². The van der Waals surface area contributed by atoms with E-state index < -0.39 is 0 Å². The maximum atomic E-state index is 6.08. The van der Waals surface area contributed by atoms with Gasteiger partial charge >= 0.3 is 0 Å². The molecule has 0 radical (unpaired) electrons. The van der Waals surface area contributed by atoms with Crippen LogP contribution in [0.5, 0.6) is 0 Å². The minimum Gasteiger partial charge on any atom is -0.416 e. The molecule has 0 bridgehead atoms. The maximum absolute atomic E-state index is 6.08. The first-order valence-electron chi connectivity index (χ1n) is 8.86. The molecule has 5 rings (SSSR count). The van der Waals surface area contributed by atoms with E-state index in [1.807, 2.05) is 48.5 Å². The molecule has 1 N–H and O–H groups in total. The van der Waals surface area contributed by atoms with Gasteiger partial charge in [-0.1, -0.05) is 60.2 Å². The summed E-state index contributed by atoms with van der Waals surface area (Å²) < 4.78 is 6.08. The standard InChI is InChI=1S/C23H17N3O/c1-15-12-13-19-18(14-15)20(21(24-19)16-8-4-2-5-9-16)23-26-25-22(27-23)17-10-6-3-7-11-17/h2-14,24H,1H3. The number of benzene rings is 3. The monoisotopic (exact) mass is 351 g/mol. The molecular weight excluding hydrogens is 334 g/mol. The minimum atomic E-state index is 0.518. The molecule has 0 saturated heterocycles. The number of nitrogens with one attached hydrogen (secondary N) is 1. The molecule has 0 amide bonds. The Hall–Kier alpha value is -3.66. The number of nitrogens with zero attached hydrogens (tertiary/aromatic N) is 2. The van der Waals surface area contributed by atoms with Gasteiger partial charge in [0, 0.05) is 16.5 Å². The van der Waals surface area contributed by atoms with Gasteiger partial charge in [0.05, 0.1) is 11.3 Å². The van der Waals surface area contributed by atoms with Crippen molar-refractivity contribution in [3.05, 3.63) is 84.4 Å². The molecule has 0 aliphatic carbocycles. The predicted molar refractivity (Wildman–Crippen MR) is 107 cm³/mol. The Morgan fingerprint density at radius 2 is 1.41 bits per heavy atom. The van der Waals surface area contributed by atoms with Gasteiger partial charge < -0.3 is 9.40 Å². The summed E-state index contributed by atoms with van der Waals surface area (Å²) in [7, 11) is 0. The molecule has 5 aromatic rings. The Morgan fingerprint density at radius 1 is 0.741 bits per heavy atom. The molecule has 0 aliphatic rings. The van der Waals surface area contributed by atoms with Crippen LogP contribution in [0.25, 0.3) is 45.1 Å². The lowest BCUT2D eigenvalue weighted by Gasteiger charge is -2.01. The highest BCUT2D eigenvalue weighted by Crippen LogP contribution is 2.38. The van der Waals surface area contributed by atoms with E-state index in [0.29, 0.717) is 11.8 Å². The Balaban J connectivity index is 1.75. The van der Waals surface area contributed by atoms with Crippen LogP contribution in [0.2, 0.25) is 0 Å². The van der Waals surface area contributed by atoms with Gasteiger partial charge in [-0.3, -0.25) is 0 Å². The van der Waals surface area contributed by atoms with E-state index in [1.54, 1.807) is 0 Å². The normalized spacial score (nSPS) is 11.1. The quantitative estimate of drug-likeness (QED) is 0.443. The van der Waals surface area contributed by atoms with Gasteiger partial charge in [0.2, 0.25) is 5.89 Å². The second-order valence-electron chi connectivity index (χ2n) is 6.57. The number of aryl methyl sites for hydroxylation is 1. The number of aromatic amines is 1. The first kappa shape index (κ1) is 15.6. The topological polar surface area (TPSA) is 54.7 Å². The molecule has 0 atom stereocenters. The summed E-state index contributed by atoms with van der Waals surface area (Å²) in [6.45, 7) is 2.08. The van der Waals surface area contributed by atoms with Crippen molar-refractivity contribution in [2.45, 2.75) is 6.92 Å². The van der Waals surface area contributed by atoms with Crippen molar-refractivity contribution < 1.29 is 4.42 Å². The fourth-order valence-electron chi connectivity index (χ4n) is 3.37. The lowest BCUT2D eigenvalue weighted by molar-refractivity contribution is 0.585. The van der Waals surface area contributed by atoms with Crippen LogP contribution < -0.4 is 0 Å². The molecule has 0 fully saturated rings. The van der Waals surface area contributed by atoms with Gasteiger partial charge in [-0.15, -0.1) is 10.2 Å². The van der Waals surface area contributed by atoms with Gasteiger partial charge in [-0.2, -0.15) is 0 Å². The second kappa shape index (κ2) is 6.25. The van der Waals surface area contributed by atoms with E-state index in [0.717, 1.165) is 33.3 Å². The van der Waals surface area contributed by atoms with E-state index in [2.05, 4.69) is 52.4 Å². The molecule has 2 aromatic heterocycles. The Bertz CT molecular complexity index is 1220. The summed E-state index contributed by atoms with van der Waals surface area (Å²) in [6.07, 6.45) is 0. The van der Waals surface area contributed by atoms with E-state index >= 15 is 0 Å². The third-order valence-corrected chi connectivity index (χ3v) is 4.68. The molecule has 27 heavy (non-hydrogen) atoms. The number of rotatable bonds is 3. The van der Waals surface area contributed by atoms with Gasteiger partial charge in [0.25, 0.3) is 5.89 Å². The lowest BCUT2D eigenvalue weighted by Crippen LogP contribution is -1.83. The van der Waals surface area contributed by atoms with Crippen LogP contribution in [-0.4, -0.2) is 15.2 Å². The third kappa shape index (κ3) is 2.72. The highest BCUT2D eigenvalue weighted by molar-refractivity contribution is 6.02. The molecule has 0 unspecified atom stereocenters. The van der Waals surface area contributed by atoms with Crippen molar-refractivity contribution in [1.29, 1.82) is 0 Å². The van der Waals surface area contributed by atoms with Crippen LogP contribution in [0, 0.1) is 6.92 Å². The highest BCUT2D eigenvalue weighted by Gasteiger charge is 2.20. The van der Waals surface area contributed by atoms with Crippen LogP contribution in [-0.2, 0) is 0 Å². The van der Waals surface area contributed by atoms with E-state index in [4.69, 9.17) is 4.42 Å². The Morgan fingerprint density at radius 3 is 2.15 bits per heavy atom. The van der Waals surface area contributed by atoms with Crippen molar-refractivity contribution in [3.8, 4) is 34.2 Å². The molecule has 0 saturated carbocycles. The second-order valence-corrected chi connectivity index (χ2v) is 6.57. The van der Waals surface area contributed by atoms with Gasteiger partial charge in [0.15, 0.2) is 0 Å². The number of hydrogen-bond acceptors (Lipinski definition) is 3. The van der Waals surface area contributed by atoms with Crippen molar-refractivity contribution in [3.63, 3.8) is 0 Å². The van der Waals surface area contributed by atoms with E-state index in [1.165, 1.54) is 5.56 Å². The van der Waals surface area contributed by atoms with Crippen LogP contribution in [0.3, 0.4) is 0 Å². The number of aromatic nitrogens is 3. The summed E-state index contributed by atoms with van der Waals surface area (Å²) in [5.74, 6) is 1.04. The van der Waals surface area contributed by atoms with Crippen molar-refractivity contribution >= 4 is 10.9 Å². The summed E-state index contributed by atoms with van der Waals surface area (Å²) in [5.41, 5.74) is 6.16. The van der Waals surface area contributed by atoms with Crippen molar-refractivity contribution in [2.75, 3.05) is 0 Å². The molecule has 2 heterocycles. The molecule has 130 valence electrons. The molecule has 3 aromatic carbocycles. The van der Waals surface area contributed by atoms with Crippen LogP contribution in [0.15, 0.2) is 83.3 Å². The fourth-order valence-corrected chi connectivity index (χ4v) is 3.37. The van der Waals surface area contributed by atoms with E-state index in [-0.39, 0.29) is 0 Å². The van der Waals surface area contributed by atoms with Crippen LogP contribution in [0.4, 0.5) is 0 Å². The summed E-state index contributed by atoms with van der Waals surface area (Å²) in [4.78, 5) is 3.53. The van der Waals surface area contributed by atoms with Crippen molar-refractivity contribution in [2.24, 2.45) is 0 Å². The average Bonchev–Trinajstić information content (AvgIpc) is 3.33. The highest BCUT2D eigenvalue weighted by atomic mass is 16.4. The molecule has 4 nitrogen and oxygen atoms in total. The molecular formula is C23H17N3O. The van der Waals surface area contributed by atoms with Crippen LogP contribution >= 0.6 is 0 Å². The SMILES string of the molecule is Cc1ccc2[nH]c(-c3ccccc3)c(-c3nnc(-c4ccccc4)o3)c2c1. The first-order valence-corrected chi connectivity index (χ1v) is 8.86. The van der Waals surface area contributed by atoms with Crippen molar-refractivity contribution in [1.82, 2.24) is 15.2 Å². The van der Waals surface area contributed by atoms with Crippen LogP contribution in [0.1, 0.15) is 5.56 Å². The predicted octanol–water partition coefficient (Wildman–Crippen LogP) is 5.86. The summed E-state index contributed by atoms with van der Waals surface area (Å²) in [6, 6.07) is 26.4. The average molecular weight is 351 g/mol. The first-order chi connectivity index (χ1) is 13.3. The molecule has 4 heteroatoms. The van der Waals surface area contributed by atoms with E-state index in [9.17, 15) is 0 Å². The van der Waals surface area contributed by atoms with Gasteiger partial charge in [-0.25, -0.2) is 0 Å². The largest absolute Gasteiger partial charge is 0.416 e. The summed E-state index contributed by atoms with van der Waals surface area (Å²) >= 11 is 0. The Kier molecular flexibility index (Phi) is 3.61. The van der Waals surface area contributed by atoms with Gasteiger partial charge in [-0.05, 0) is 36.8 Å². The third-order valence-electron chi connectivity index (χ3n) is 4.68. The zero-order chi connectivity index (χ0) is 18.2. The number of H-pyrrole nitrogens is 1. The number of fused-ring (bicyclic) bond motifs is 1. The zero-order valence-corrected chi connectivity index (χ0v) is 14.8. The maximum Gasteiger partial charge on any atom is 0.250 e. The number of hydrogen-bond donors (Lipinski definition) is 1. The smallest absolute Gasteiger partial charge is 0.250 e. The summed E-state index contributed by atoms with van der Waals surface area (Å²) in [5, 5.41) is 9.72. The zero-order valence-electron chi connectivity index (χ0n) is 14.8.